The Hall–Kier alpha value is -3.61. The van der Waals surface area contributed by atoms with Gasteiger partial charge >= 0.3 is 0 Å². The van der Waals surface area contributed by atoms with E-state index in [1.807, 2.05) is 30.3 Å². The van der Waals surface area contributed by atoms with E-state index in [-0.39, 0.29) is 11.8 Å². The smallest absolute Gasteiger partial charge is 0.255 e. The Labute approximate surface area is 156 Å². The fourth-order valence-corrected chi connectivity index (χ4v) is 2.31. The highest BCUT2D eigenvalue weighted by Crippen LogP contribution is 2.19. The van der Waals surface area contributed by atoms with Crippen molar-refractivity contribution in [2.24, 2.45) is 0 Å². The lowest BCUT2D eigenvalue weighted by Crippen LogP contribution is -2.44. The summed E-state index contributed by atoms with van der Waals surface area (Å²) in [6.07, 6.45) is 4.34. The minimum Gasteiger partial charge on any atom is -0.472 e. The molecule has 7 nitrogen and oxygen atoms in total. The van der Waals surface area contributed by atoms with Crippen LogP contribution in [-0.4, -0.2) is 22.8 Å². The minimum atomic E-state index is -0.686. The molecule has 2 N–H and O–H groups in total. The zero-order chi connectivity index (χ0) is 19.1. The normalized spacial score (nSPS) is 11.4. The molecule has 0 radical (unpaired) electrons. The lowest BCUT2D eigenvalue weighted by molar-refractivity contribution is -0.122. The summed E-state index contributed by atoms with van der Waals surface area (Å²) in [7, 11) is 0. The van der Waals surface area contributed by atoms with Crippen molar-refractivity contribution in [3.63, 3.8) is 0 Å². The average molecular weight is 365 g/mol. The van der Waals surface area contributed by atoms with E-state index in [4.69, 9.17) is 9.15 Å². The highest BCUT2D eigenvalue weighted by Gasteiger charge is 2.17. The molecular weight excluding hydrogens is 346 g/mol. The molecule has 0 bridgehead atoms. The lowest BCUT2D eigenvalue weighted by atomic mass is 10.2. The summed E-state index contributed by atoms with van der Waals surface area (Å²) in [5, 5.41) is 5.39. The third kappa shape index (κ3) is 5.18. The predicted octanol–water partition coefficient (Wildman–Crippen LogP) is 2.90. The largest absolute Gasteiger partial charge is 0.472 e. The van der Waals surface area contributed by atoms with Crippen molar-refractivity contribution in [1.29, 1.82) is 0 Å². The summed E-state index contributed by atoms with van der Waals surface area (Å²) in [5.41, 5.74) is 1.20. The standard InChI is InChI=1S/C20H19N3O4/c1-14(23-20(25)16-8-10-26-13-16)19(24)22-12-15-7-9-21-18(11-15)27-17-5-3-2-4-6-17/h2-11,13-14H,12H2,1H3,(H,22,24)(H,23,25). The zero-order valence-corrected chi connectivity index (χ0v) is 14.7. The first-order valence-electron chi connectivity index (χ1n) is 8.40. The van der Waals surface area contributed by atoms with E-state index in [0.717, 1.165) is 5.56 Å². The number of carbonyl (C=O) groups excluding carboxylic acids is 2. The first-order valence-corrected chi connectivity index (χ1v) is 8.40. The number of aromatic nitrogens is 1. The number of para-hydroxylation sites is 1. The van der Waals surface area contributed by atoms with E-state index in [1.54, 1.807) is 25.3 Å². The van der Waals surface area contributed by atoms with Crippen LogP contribution >= 0.6 is 0 Å². The first kappa shape index (κ1) is 18.2. The molecule has 27 heavy (non-hydrogen) atoms. The number of hydrogen-bond acceptors (Lipinski definition) is 5. The molecule has 3 rings (SSSR count). The van der Waals surface area contributed by atoms with Crippen molar-refractivity contribution in [2.45, 2.75) is 19.5 Å². The second-order valence-electron chi connectivity index (χ2n) is 5.84. The molecule has 138 valence electrons. The van der Waals surface area contributed by atoms with Crippen LogP contribution in [-0.2, 0) is 11.3 Å². The van der Waals surface area contributed by atoms with Gasteiger partial charge in [-0.15, -0.1) is 0 Å². The van der Waals surface area contributed by atoms with Gasteiger partial charge in [0.2, 0.25) is 11.8 Å². The van der Waals surface area contributed by atoms with Crippen LogP contribution in [0.4, 0.5) is 0 Å². The summed E-state index contributed by atoms with van der Waals surface area (Å²) in [4.78, 5) is 28.3. The number of hydrogen-bond donors (Lipinski definition) is 2. The van der Waals surface area contributed by atoms with Crippen LogP contribution in [0.1, 0.15) is 22.8 Å². The van der Waals surface area contributed by atoms with Gasteiger partial charge in [-0.2, -0.15) is 0 Å². The van der Waals surface area contributed by atoms with Crippen molar-refractivity contribution in [2.75, 3.05) is 0 Å². The van der Waals surface area contributed by atoms with Gasteiger partial charge in [0.05, 0.1) is 11.8 Å². The molecular formula is C20H19N3O4. The van der Waals surface area contributed by atoms with Crippen LogP contribution in [0.25, 0.3) is 0 Å². The molecule has 0 saturated carbocycles. The molecule has 1 atom stereocenters. The molecule has 2 amide bonds. The van der Waals surface area contributed by atoms with Gasteiger partial charge < -0.3 is 19.8 Å². The Kier molecular flexibility index (Phi) is 5.84. The van der Waals surface area contributed by atoms with Crippen LogP contribution in [0.2, 0.25) is 0 Å². The van der Waals surface area contributed by atoms with Crippen molar-refractivity contribution in [3.8, 4) is 11.6 Å². The number of benzene rings is 1. The Bertz CT molecular complexity index is 895. The van der Waals surface area contributed by atoms with Gasteiger partial charge in [-0.1, -0.05) is 18.2 Å². The van der Waals surface area contributed by atoms with Crippen LogP contribution in [0.3, 0.4) is 0 Å². The van der Waals surface area contributed by atoms with Gasteiger partial charge in [-0.05, 0) is 36.8 Å². The number of nitrogens with one attached hydrogen (secondary N) is 2. The number of carbonyl (C=O) groups is 2. The van der Waals surface area contributed by atoms with Crippen LogP contribution in [0.5, 0.6) is 11.6 Å². The molecule has 2 aromatic heterocycles. The third-order valence-electron chi connectivity index (χ3n) is 3.76. The monoisotopic (exact) mass is 365 g/mol. The Morgan fingerprint density at radius 2 is 2.00 bits per heavy atom. The van der Waals surface area contributed by atoms with Gasteiger partial charge in [0.15, 0.2) is 0 Å². The van der Waals surface area contributed by atoms with Crippen LogP contribution < -0.4 is 15.4 Å². The number of pyridine rings is 1. The van der Waals surface area contributed by atoms with Crippen LogP contribution in [0, 0.1) is 0 Å². The highest BCUT2D eigenvalue weighted by molar-refractivity contribution is 5.97. The Morgan fingerprint density at radius 3 is 2.74 bits per heavy atom. The van der Waals surface area contributed by atoms with Crippen molar-refractivity contribution in [1.82, 2.24) is 15.6 Å². The van der Waals surface area contributed by atoms with Gasteiger partial charge in [-0.3, -0.25) is 9.59 Å². The Balaban J connectivity index is 1.52. The molecule has 0 spiro atoms. The number of furan rings is 1. The van der Waals surface area contributed by atoms with Crippen molar-refractivity contribution < 1.29 is 18.7 Å². The van der Waals surface area contributed by atoms with E-state index < -0.39 is 6.04 Å². The fourth-order valence-electron chi connectivity index (χ4n) is 2.31. The average Bonchev–Trinajstić information content (AvgIpc) is 3.22. The topological polar surface area (TPSA) is 93.5 Å². The molecule has 0 aliphatic carbocycles. The number of nitrogens with zero attached hydrogens (tertiary/aromatic N) is 1. The summed E-state index contributed by atoms with van der Waals surface area (Å²) in [5.74, 6) is 0.457. The second kappa shape index (κ2) is 8.66. The lowest BCUT2D eigenvalue weighted by Gasteiger charge is -2.14. The SMILES string of the molecule is CC(NC(=O)c1ccoc1)C(=O)NCc1ccnc(Oc2ccccc2)c1. The molecule has 7 heteroatoms. The van der Waals surface area contributed by atoms with E-state index in [2.05, 4.69) is 15.6 Å². The number of amides is 2. The first-order chi connectivity index (χ1) is 13.1. The molecule has 0 saturated heterocycles. The molecule has 3 aromatic rings. The molecule has 1 unspecified atom stereocenters. The molecule has 0 fully saturated rings. The summed E-state index contributed by atoms with van der Waals surface area (Å²) < 4.78 is 10.5. The predicted molar refractivity (Wildman–Crippen MR) is 98.2 cm³/mol. The maximum Gasteiger partial charge on any atom is 0.255 e. The maximum atomic E-state index is 12.2. The van der Waals surface area contributed by atoms with Gasteiger partial charge in [-0.25, -0.2) is 4.98 Å². The number of rotatable bonds is 7. The third-order valence-corrected chi connectivity index (χ3v) is 3.76. The summed E-state index contributed by atoms with van der Waals surface area (Å²) >= 11 is 0. The molecule has 1 aromatic carbocycles. The highest BCUT2D eigenvalue weighted by atomic mass is 16.5. The molecule has 0 aliphatic rings. The van der Waals surface area contributed by atoms with E-state index in [1.165, 1.54) is 18.6 Å². The number of ether oxygens (including phenoxy) is 1. The van der Waals surface area contributed by atoms with Crippen LogP contribution in [0.15, 0.2) is 71.7 Å². The van der Waals surface area contributed by atoms with E-state index in [9.17, 15) is 9.59 Å². The van der Waals surface area contributed by atoms with Gasteiger partial charge in [0, 0.05) is 18.8 Å². The van der Waals surface area contributed by atoms with Crippen molar-refractivity contribution >= 4 is 11.8 Å². The summed E-state index contributed by atoms with van der Waals surface area (Å²) in [6, 6.07) is 13.7. The van der Waals surface area contributed by atoms with Crippen molar-refractivity contribution in [3.05, 3.63) is 78.4 Å². The van der Waals surface area contributed by atoms with E-state index >= 15 is 0 Å². The van der Waals surface area contributed by atoms with Gasteiger partial charge in [0.25, 0.3) is 5.91 Å². The van der Waals surface area contributed by atoms with E-state index in [0.29, 0.717) is 23.7 Å². The Morgan fingerprint density at radius 1 is 1.19 bits per heavy atom. The quantitative estimate of drug-likeness (QED) is 0.671. The molecule has 2 heterocycles. The fraction of sp³-hybridized carbons (Fsp3) is 0.150. The minimum absolute atomic E-state index is 0.290. The maximum absolute atomic E-state index is 12.2. The summed E-state index contributed by atoms with van der Waals surface area (Å²) in [6.45, 7) is 1.90. The van der Waals surface area contributed by atoms with Gasteiger partial charge in [0.1, 0.15) is 18.1 Å². The second-order valence-corrected chi connectivity index (χ2v) is 5.84. The molecule has 0 aliphatic heterocycles. The zero-order valence-electron chi connectivity index (χ0n) is 14.7.